The third kappa shape index (κ3) is 5.48. The van der Waals surface area contributed by atoms with E-state index in [1.54, 1.807) is 30.3 Å². The van der Waals surface area contributed by atoms with Gasteiger partial charge in [0.25, 0.3) is 5.92 Å². The fourth-order valence-corrected chi connectivity index (χ4v) is 3.49. The lowest BCUT2D eigenvalue weighted by Gasteiger charge is -2.30. The molecule has 3 rings (SSSR count). The van der Waals surface area contributed by atoms with Gasteiger partial charge in [-0.2, -0.15) is 0 Å². The van der Waals surface area contributed by atoms with Crippen LogP contribution < -0.4 is 16.8 Å². The zero-order valence-corrected chi connectivity index (χ0v) is 17.7. The number of amidine groups is 1. The quantitative estimate of drug-likeness (QED) is 0.456. The molecule has 31 heavy (non-hydrogen) atoms. The van der Waals surface area contributed by atoms with Crippen LogP contribution in [0.5, 0.6) is 0 Å². The number of carbonyl (C=O) groups excluding carboxylic acids is 1. The van der Waals surface area contributed by atoms with Gasteiger partial charge in [-0.1, -0.05) is 12.1 Å². The highest BCUT2D eigenvalue weighted by Crippen LogP contribution is 2.48. The Labute approximate surface area is 180 Å². The molecule has 1 aliphatic heterocycles. The van der Waals surface area contributed by atoms with Gasteiger partial charge in [-0.15, -0.1) is 0 Å². The van der Waals surface area contributed by atoms with Crippen molar-refractivity contribution in [3.63, 3.8) is 0 Å². The summed E-state index contributed by atoms with van der Waals surface area (Å²) in [5.74, 6) is -3.06. The number of alkyl halides is 2. The summed E-state index contributed by atoms with van der Waals surface area (Å²) in [5, 5.41) is 3.13. The van der Waals surface area contributed by atoms with Gasteiger partial charge in [0, 0.05) is 75.1 Å². The minimum absolute atomic E-state index is 0.0684. The zero-order chi connectivity index (χ0) is 22.6. The van der Waals surface area contributed by atoms with Crippen LogP contribution in [-0.2, 0) is 4.79 Å². The number of nitrogens with zero attached hydrogens (tertiary/aromatic N) is 3. The lowest BCUT2D eigenvalue weighted by molar-refractivity contribution is -0.128. The minimum atomic E-state index is -2.59. The van der Waals surface area contributed by atoms with Crippen molar-refractivity contribution in [2.45, 2.75) is 25.7 Å². The topological polar surface area (TPSA) is 109 Å². The number of allylic oxidation sites excluding steroid dienone is 1. The Balaban J connectivity index is 1.82. The fraction of sp³-hybridized carbons (Fsp3) is 0.409. The largest absolute Gasteiger partial charge is 0.404 e. The van der Waals surface area contributed by atoms with Gasteiger partial charge in [0.1, 0.15) is 5.84 Å². The molecule has 166 valence electrons. The van der Waals surface area contributed by atoms with Gasteiger partial charge in [-0.3, -0.25) is 9.79 Å². The maximum Gasteiger partial charge on any atom is 0.253 e. The van der Waals surface area contributed by atoms with Crippen molar-refractivity contribution < 1.29 is 13.6 Å². The van der Waals surface area contributed by atoms with Gasteiger partial charge >= 0.3 is 0 Å². The van der Waals surface area contributed by atoms with E-state index in [4.69, 9.17) is 11.5 Å². The van der Waals surface area contributed by atoms with Crippen molar-refractivity contribution >= 4 is 29.2 Å². The first-order chi connectivity index (χ1) is 14.7. The van der Waals surface area contributed by atoms with Gasteiger partial charge in [0.05, 0.1) is 12.2 Å². The van der Waals surface area contributed by atoms with E-state index in [1.165, 1.54) is 13.1 Å². The van der Waals surface area contributed by atoms with Crippen LogP contribution in [0.15, 0.2) is 51.7 Å². The number of halogens is 2. The van der Waals surface area contributed by atoms with Crippen molar-refractivity contribution in [2.24, 2.45) is 27.4 Å². The monoisotopic (exact) mass is 430 g/mol. The van der Waals surface area contributed by atoms with E-state index in [9.17, 15) is 13.6 Å². The normalized spacial score (nSPS) is 21.5. The average molecular weight is 431 g/mol. The molecule has 1 aromatic carbocycles. The van der Waals surface area contributed by atoms with Crippen LogP contribution in [0.3, 0.4) is 0 Å². The highest BCUT2D eigenvalue weighted by atomic mass is 19.3. The second-order valence-electron chi connectivity index (χ2n) is 7.74. The number of hydrogen-bond acceptors (Lipinski definition) is 5. The minimum Gasteiger partial charge on any atom is -0.404 e. The molecule has 1 amide bonds. The smallest absolute Gasteiger partial charge is 0.253 e. The maximum absolute atomic E-state index is 13.2. The standard InChI is InChI=1S/C22H28F2N6O/c1-14(31)30-8-7-20(28-12-17-9-22(17,23)24)19(13-30)21(26)29-18-5-3-15(4-6-18)16(10-25)11-27-2/h3-6,10-11,17,28H,7-9,12-13,25H2,1-2H3,(H2,26,29). The summed E-state index contributed by atoms with van der Waals surface area (Å²) in [6.07, 6.45) is 3.56. The zero-order valence-electron chi connectivity index (χ0n) is 17.7. The molecule has 2 aliphatic rings. The summed E-state index contributed by atoms with van der Waals surface area (Å²) in [6.45, 7) is 2.48. The number of nitrogens with one attached hydrogen (secondary N) is 1. The van der Waals surface area contributed by atoms with Crippen molar-refractivity contribution in [1.82, 2.24) is 10.2 Å². The van der Waals surface area contributed by atoms with E-state index in [-0.39, 0.29) is 24.7 Å². The molecule has 0 bridgehead atoms. The van der Waals surface area contributed by atoms with E-state index in [1.807, 2.05) is 12.1 Å². The first-order valence-corrected chi connectivity index (χ1v) is 10.1. The highest BCUT2D eigenvalue weighted by molar-refractivity contribution is 6.09. The molecular formula is C22H28F2N6O. The highest BCUT2D eigenvalue weighted by Gasteiger charge is 2.56. The molecule has 7 nitrogen and oxygen atoms in total. The predicted octanol–water partition coefficient (Wildman–Crippen LogP) is 2.43. The predicted molar refractivity (Wildman–Crippen MR) is 119 cm³/mol. The second-order valence-corrected chi connectivity index (χ2v) is 7.74. The number of nitrogens with two attached hydrogens (primary N) is 2. The summed E-state index contributed by atoms with van der Waals surface area (Å²) < 4.78 is 26.5. The number of amides is 1. The van der Waals surface area contributed by atoms with Gasteiger partial charge in [-0.25, -0.2) is 13.8 Å². The van der Waals surface area contributed by atoms with E-state index in [0.717, 1.165) is 16.8 Å². The molecule has 1 saturated carbocycles. The van der Waals surface area contributed by atoms with Crippen LogP contribution in [0.1, 0.15) is 25.3 Å². The van der Waals surface area contributed by atoms with Crippen LogP contribution in [0.25, 0.3) is 5.57 Å². The van der Waals surface area contributed by atoms with Crippen LogP contribution in [0.4, 0.5) is 14.5 Å². The summed E-state index contributed by atoms with van der Waals surface area (Å²) in [6, 6.07) is 7.33. The Bertz CT molecular complexity index is 949. The van der Waals surface area contributed by atoms with Crippen LogP contribution >= 0.6 is 0 Å². The van der Waals surface area contributed by atoms with E-state index < -0.39 is 11.8 Å². The van der Waals surface area contributed by atoms with Crippen molar-refractivity contribution in [3.05, 3.63) is 47.3 Å². The molecule has 0 spiro atoms. The maximum atomic E-state index is 13.2. The lowest BCUT2D eigenvalue weighted by atomic mass is 10.0. The summed E-state index contributed by atoms with van der Waals surface area (Å²) in [7, 11) is 1.67. The number of benzene rings is 1. The fourth-order valence-electron chi connectivity index (χ4n) is 3.49. The first kappa shape index (κ1) is 22.5. The van der Waals surface area contributed by atoms with Gasteiger partial charge in [0.15, 0.2) is 0 Å². The molecule has 1 aliphatic carbocycles. The van der Waals surface area contributed by atoms with E-state index in [0.29, 0.717) is 30.8 Å². The molecule has 9 heteroatoms. The molecule has 1 fully saturated rings. The molecular weight excluding hydrogens is 402 g/mol. The number of aliphatic imine (C=N–C) groups is 2. The average Bonchev–Trinajstić information content (AvgIpc) is 3.37. The first-order valence-electron chi connectivity index (χ1n) is 10.1. The second kappa shape index (κ2) is 9.28. The third-order valence-corrected chi connectivity index (χ3v) is 5.51. The van der Waals surface area contributed by atoms with Crippen molar-refractivity contribution in [2.75, 3.05) is 26.7 Å². The molecule has 1 aromatic rings. The number of hydrogen-bond donors (Lipinski definition) is 3. The van der Waals surface area contributed by atoms with E-state index in [2.05, 4.69) is 15.3 Å². The molecule has 5 N–H and O–H groups in total. The summed E-state index contributed by atoms with van der Waals surface area (Å²) in [4.78, 5) is 22.0. The Morgan fingerprint density at radius 3 is 2.58 bits per heavy atom. The van der Waals surface area contributed by atoms with Crippen molar-refractivity contribution in [3.8, 4) is 0 Å². The third-order valence-electron chi connectivity index (χ3n) is 5.51. The molecule has 1 heterocycles. The number of carbonyl (C=O) groups is 1. The summed E-state index contributed by atoms with van der Waals surface area (Å²) >= 11 is 0. The van der Waals surface area contributed by atoms with Gasteiger partial charge in [-0.05, 0) is 17.7 Å². The lowest BCUT2D eigenvalue weighted by Crippen LogP contribution is -2.41. The molecule has 1 unspecified atom stereocenters. The SMILES string of the molecule is CN=CC(=CN)c1ccc(N=C(N)C2=C(NCC3CC3(F)F)CCN(C(C)=O)C2)cc1. The Morgan fingerprint density at radius 1 is 1.35 bits per heavy atom. The number of rotatable bonds is 7. The molecule has 0 saturated heterocycles. The van der Waals surface area contributed by atoms with Gasteiger partial charge in [0.2, 0.25) is 5.91 Å². The van der Waals surface area contributed by atoms with Crippen LogP contribution in [0.2, 0.25) is 0 Å². The molecule has 1 atom stereocenters. The Hall–Kier alpha value is -3.23. The van der Waals surface area contributed by atoms with Gasteiger partial charge < -0.3 is 21.7 Å². The van der Waals surface area contributed by atoms with E-state index >= 15 is 0 Å². The van der Waals surface area contributed by atoms with Crippen molar-refractivity contribution in [1.29, 1.82) is 0 Å². The van der Waals surface area contributed by atoms with Crippen LogP contribution in [-0.4, -0.2) is 55.5 Å². The molecule has 0 aromatic heterocycles. The van der Waals surface area contributed by atoms with Crippen LogP contribution in [0, 0.1) is 5.92 Å². The summed E-state index contributed by atoms with van der Waals surface area (Å²) in [5.41, 5.74) is 15.7. The molecule has 0 radical (unpaired) electrons. The Morgan fingerprint density at radius 2 is 2.03 bits per heavy atom. The Kier molecular flexibility index (Phi) is 6.72.